The third-order valence-corrected chi connectivity index (χ3v) is 6.24. The lowest BCUT2D eigenvalue weighted by atomic mass is 9.98. The molecule has 2 fully saturated rings. The van der Waals surface area contributed by atoms with Gasteiger partial charge < -0.3 is 5.32 Å². The van der Waals surface area contributed by atoms with Crippen LogP contribution in [0, 0.1) is 5.92 Å². The van der Waals surface area contributed by atoms with Gasteiger partial charge in [-0.1, -0.05) is 35.2 Å². The number of halogens is 1. The van der Waals surface area contributed by atoms with Gasteiger partial charge in [-0.2, -0.15) is 11.8 Å². The normalized spacial score (nSPS) is 30.7. The van der Waals surface area contributed by atoms with Gasteiger partial charge in [-0.3, -0.25) is 4.79 Å². The summed E-state index contributed by atoms with van der Waals surface area (Å²) in [6.07, 6.45) is 9.40. The third-order valence-electron chi connectivity index (χ3n) is 4.09. The van der Waals surface area contributed by atoms with Gasteiger partial charge in [0.25, 0.3) is 0 Å². The first-order valence-electron chi connectivity index (χ1n) is 7.27. The molecule has 0 aromatic rings. The van der Waals surface area contributed by atoms with Gasteiger partial charge in [0.05, 0.1) is 0 Å². The average Bonchev–Trinajstić information content (AvgIpc) is 2.56. The van der Waals surface area contributed by atoms with E-state index in [1.807, 2.05) is 11.8 Å². The van der Waals surface area contributed by atoms with Gasteiger partial charge >= 0.3 is 0 Å². The molecule has 2 aliphatic rings. The van der Waals surface area contributed by atoms with E-state index in [0.29, 0.717) is 16.8 Å². The van der Waals surface area contributed by atoms with Gasteiger partial charge in [0.2, 0.25) is 5.91 Å². The highest BCUT2D eigenvalue weighted by Gasteiger charge is 2.24. The summed E-state index contributed by atoms with van der Waals surface area (Å²) in [6, 6.07) is 0.359. The summed E-state index contributed by atoms with van der Waals surface area (Å²) >= 11 is 5.77. The molecule has 1 saturated carbocycles. The number of hydrogen-bond donors (Lipinski definition) is 1. The quantitative estimate of drug-likeness (QED) is 0.629. The second-order valence-electron chi connectivity index (χ2n) is 5.59. The fourth-order valence-electron chi connectivity index (χ4n) is 2.90. The van der Waals surface area contributed by atoms with Crippen LogP contribution in [0.2, 0.25) is 0 Å². The number of thioether (sulfide) groups is 1. The maximum atomic E-state index is 12.1. The van der Waals surface area contributed by atoms with Crippen LogP contribution >= 0.6 is 27.7 Å². The monoisotopic (exact) mass is 333 g/mol. The molecule has 104 valence electrons. The molecule has 2 atom stereocenters. The lowest BCUT2D eigenvalue weighted by Gasteiger charge is -2.24. The summed E-state index contributed by atoms with van der Waals surface area (Å²) in [4.78, 5) is 12.6. The van der Waals surface area contributed by atoms with Gasteiger partial charge in [-0.05, 0) is 43.1 Å². The molecule has 0 radical (unpaired) electrons. The van der Waals surface area contributed by atoms with Crippen molar-refractivity contribution in [3.8, 4) is 0 Å². The third kappa shape index (κ3) is 4.76. The van der Waals surface area contributed by atoms with Crippen LogP contribution in [0.15, 0.2) is 0 Å². The molecule has 0 spiro atoms. The van der Waals surface area contributed by atoms with Crippen molar-refractivity contribution in [2.75, 3.05) is 11.5 Å². The zero-order chi connectivity index (χ0) is 12.8. The van der Waals surface area contributed by atoms with E-state index in [4.69, 9.17) is 0 Å². The number of carbonyl (C=O) groups excluding carboxylic acids is 1. The Balaban J connectivity index is 1.74. The Bertz CT molecular complexity index is 269. The Hall–Kier alpha value is 0.300. The molecule has 2 rings (SSSR count). The van der Waals surface area contributed by atoms with Crippen molar-refractivity contribution in [3.05, 3.63) is 0 Å². The van der Waals surface area contributed by atoms with E-state index in [2.05, 4.69) is 21.2 Å². The number of nitrogens with one attached hydrogen (secondary N) is 1. The molecular formula is C14H24BrNOS. The second-order valence-corrected chi connectivity index (χ2v) is 7.99. The molecule has 18 heavy (non-hydrogen) atoms. The van der Waals surface area contributed by atoms with E-state index in [0.717, 1.165) is 12.8 Å². The highest BCUT2D eigenvalue weighted by molar-refractivity contribution is 9.09. The highest BCUT2D eigenvalue weighted by Crippen LogP contribution is 2.26. The zero-order valence-electron chi connectivity index (χ0n) is 11.0. The maximum absolute atomic E-state index is 12.1. The van der Waals surface area contributed by atoms with Gasteiger partial charge in [-0.15, -0.1) is 0 Å². The lowest BCUT2D eigenvalue weighted by molar-refractivity contribution is -0.122. The molecule has 1 amide bonds. The molecule has 2 unspecified atom stereocenters. The van der Waals surface area contributed by atoms with Crippen molar-refractivity contribution in [1.29, 1.82) is 0 Å². The van der Waals surface area contributed by atoms with Crippen molar-refractivity contribution < 1.29 is 4.79 Å². The highest BCUT2D eigenvalue weighted by atomic mass is 79.9. The van der Waals surface area contributed by atoms with Gasteiger partial charge in [0.1, 0.15) is 0 Å². The van der Waals surface area contributed by atoms with Gasteiger partial charge in [0.15, 0.2) is 0 Å². The largest absolute Gasteiger partial charge is 0.352 e. The number of amides is 1. The second kappa shape index (κ2) is 7.78. The summed E-state index contributed by atoms with van der Waals surface area (Å²) in [5.74, 6) is 3.39. The smallest absolute Gasteiger partial charge is 0.220 e. The summed E-state index contributed by atoms with van der Waals surface area (Å²) in [7, 11) is 0. The molecule has 4 heteroatoms. The van der Waals surface area contributed by atoms with Crippen molar-refractivity contribution >= 4 is 33.6 Å². The molecule has 0 bridgehead atoms. The molecular weight excluding hydrogens is 310 g/mol. The van der Waals surface area contributed by atoms with E-state index >= 15 is 0 Å². The first kappa shape index (κ1) is 14.7. The van der Waals surface area contributed by atoms with Crippen LogP contribution < -0.4 is 5.32 Å². The Morgan fingerprint density at radius 2 is 1.83 bits per heavy atom. The van der Waals surface area contributed by atoms with Crippen LogP contribution in [0.1, 0.15) is 51.4 Å². The van der Waals surface area contributed by atoms with Crippen LogP contribution in [-0.4, -0.2) is 28.3 Å². The fourth-order valence-corrected chi connectivity index (χ4v) is 4.83. The van der Waals surface area contributed by atoms with E-state index in [1.165, 1.54) is 50.0 Å². The standard InChI is InChI=1S/C14H24BrNOS/c15-12-4-2-1-3-5-13(12)16-14(17)10-11-6-8-18-9-7-11/h11-13H,1-10H2,(H,16,17). The summed E-state index contributed by atoms with van der Waals surface area (Å²) in [6.45, 7) is 0. The van der Waals surface area contributed by atoms with Crippen LogP contribution in [0.25, 0.3) is 0 Å². The van der Waals surface area contributed by atoms with E-state index in [1.54, 1.807) is 0 Å². The minimum Gasteiger partial charge on any atom is -0.352 e. The zero-order valence-corrected chi connectivity index (χ0v) is 13.4. The number of alkyl halides is 1. The minimum absolute atomic E-state index is 0.281. The Labute approximate surface area is 123 Å². The van der Waals surface area contributed by atoms with E-state index in [-0.39, 0.29) is 5.91 Å². The SMILES string of the molecule is O=C(CC1CCSCC1)NC1CCCCCC1Br. The number of rotatable bonds is 3. The average molecular weight is 334 g/mol. The van der Waals surface area contributed by atoms with Crippen molar-refractivity contribution in [3.63, 3.8) is 0 Å². The Morgan fingerprint density at radius 1 is 1.11 bits per heavy atom. The van der Waals surface area contributed by atoms with Crippen molar-refractivity contribution in [2.24, 2.45) is 5.92 Å². The van der Waals surface area contributed by atoms with Crippen molar-refractivity contribution in [2.45, 2.75) is 62.2 Å². The van der Waals surface area contributed by atoms with Crippen LogP contribution in [0.3, 0.4) is 0 Å². The van der Waals surface area contributed by atoms with Crippen LogP contribution in [0.4, 0.5) is 0 Å². The topological polar surface area (TPSA) is 29.1 Å². The molecule has 2 nitrogen and oxygen atoms in total. The molecule has 1 aliphatic heterocycles. The van der Waals surface area contributed by atoms with E-state index in [9.17, 15) is 4.79 Å². The summed E-state index contributed by atoms with van der Waals surface area (Å²) in [5.41, 5.74) is 0. The molecule has 1 aliphatic carbocycles. The van der Waals surface area contributed by atoms with Crippen LogP contribution in [0.5, 0.6) is 0 Å². The molecule has 0 aromatic carbocycles. The van der Waals surface area contributed by atoms with Crippen molar-refractivity contribution in [1.82, 2.24) is 5.32 Å². The fraction of sp³-hybridized carbons (Fsp3) is 0.929. The summed E-state index contributed by atoms with van der Waals surface area (Å²) in [5, 5.41) is 3.26. The predicted molar refractivity (Wildman–Crippen MR) is 82.4 cm³/mol. The molecule has 1 saturated heterocycles. The van der Waals surface area contributed by atoms with Gasteiger partial charge in [0, 0.05) is 17.3 Å². The minimum atomic E-state index is 0.281. The molecule has 1 N–H and O–H groups in total. The first-order valence-corrected chi connectivity index (χ1v) is 9.34. The van der Waals surface area contributed by atoms with Gasteiger partial charge in [-0.25, -0.2) is 0 Å². The predicted octanol–water partition coefficient (Wildman–Crippen LogP) is 3.73. The number of carbonyl (C=O) groups is 1. The Kier molecular flexibility index (Phi) is 6.36. The first-order chi connectivity index (χ1) is 8.75. The lowest BCUT2D eigenvalue weighted by Crippen LogP contribution is -2.41. The molecule has 1 heterocycles. The van der Waals surface area contributed by atoms with E-state index < -0.39 is 0 Å². The number of hydrogen-bond acceptors (Lipinski definition) is 2. The Morgan fingerprint density at radius 3 is 2.61 bits per heavy atom. The summed E-state index contributed by atoms with van der Waals surface area (Å²) < 4.78 is 0. The van der Waals surface area contributed by atoms with Crippen LogP contribution in [-0.2, 0) is 4.79 Å². The molecule has 0 aromatic heterocycles. The maximum Gasteiger partial charge on any atom is 0.220 e.